The van der Waals surface area contributed by atoms with E-state index in [1.807, 2.05) is 0 Å². The quantitative estimate of drug-likeness (QED) is 0.779. The summed E-state index contributed by atoms with van der Waals surface area (Å²) >= 11 is 0. The first-order valence-electron chi connectivity index (χ1n) is 5.15. The van der Waals surface area contributed by atoms with Crippen LogP contribution >= 0.6 is 0 Å². The number of carbonyl (C=O) groups is 2. The molecule has 2 aromatic rings. The van der Waals surface area contributed by atoms with Gasteiger partial charge in [-0.2, -0.15) is 0 Å². The molecule has 90 valence electrons. The minimum Gasteiger partial charge on any atom is -0.298 e. The fraction of sp³-hybridized carbons (Fsp3) is 0. The lowest BCUT2D eigenvalue weighted by Crippen LogP contribution is -1.93. The zero-order chi connectivity index (χ0) is 13.1. The standard InChI is InChI=1S/C14H8F2O2/c15-13-3-1-9(7-17)5-11(13)12-6-10(8-18)2-4-14(12)16/h1-8H. The summed E-state index contributed by atoms with van der Waals surface area (Å²) < 4.78 is 27.3. The Morgan fingerprint density at radius 2 is 1.11 bits per heavy atom. The topological polar surface area (TPSA) is 34.1 Å². The molecule has 2 nitrogen and oxygen atoms in total. The van der Waals surface area contributed by atoms with Crippen LogP contribution in [0.1, 0.15) is 20.7 Å². The maximum absolute atomic E-state index is 13.6. The van der Waals surface area contributed by atoms with Crippen LogP contribution in [0.15, 0.2) is 36.4 Å². The maximum atomic E-state index is 13.6. The molecule has 0 heterocycles. The van der Waals surface area contributed by atoms with E-state index in [-0.39, 0.29) is 22.3 Å². The minimum atomic E-state index is -0.650. The summed E-state index contributed by atoms with van der Waals surface area (Å²) in [5.41, 5.74) is 0.395. The van der Waals surface area contributed by atoms with Crippen molar-refractivity contribution < 1.29 is 18.4 Å². The third-order valence-corrected chi connectivity index (χ3v) is 2.54. The van der Waals surface area contributed by atoms with Crippen LogP contribution in [0.4, 0.5) is 8.78 Å². The molecule has 0 spiro atoms. The first-order chi connectivity index (χ1) is 8.65. The summed E-state index contributed by atoms with van der Waals surface area (Å²) in [6.07, 6.45) is 1.09. The Balaban J connectivity index is 2.67. The second-order valence-corrected chi connectivity index (χ2v) is 3.71. The predicted octanol–water partition coefficient (Wildman–Crippen LogP) is 3.26. The lowest BCUT2D eigenvalue weighted by molar-refractivity contribution is 0.111. The molecule has 0 saturated heterocycles. The summed E-state index contributed by atoms with van der Waals surface area (Å²) in [6, 6.07) is 7.27. The molecule has 0 bridgehead atoms. The predicted molar refractivity (Wildman–Crippen MR) is 62.6 cm³/mol. The van der Waals surface area contributed by atoms with Gasteiger partial charge >= 0.3 is 0 Å². The van der Waals surface area contributed by atoms with E-state index in [1.54, 1.807) is 0 Å². The van der Waals surface area contributed by atoms with Gasteiger partial charge in [0.15, 0.2) is 0 Å². The number of benzene rings is 2. The van der Waals surface area contributed by atoms with Crippen molar-refractivity contribution in [1.29, 1.82) is 0 Å². The van der Waals surface area contributed by atoms with E-state index >= 15 is 0 Å². The van der Waals surface area contributed by atoms with Crippen LogP contribution in [-0.4, -0.2) is 12.6 Å². The molecule has 0 N–H and O–H groups in total. The molecule has 0 unspecified atom stereocenters. The average Bonchev–Trinajstić information content (AvgIpc) is 2.40. The van der Waals surface area contributed by atoms with Crippen molar-refractivity contribution in [1.82, 2.24) is 0 Å². The third-order valence-electron chi connectivity index (χ3n) is 2.54. The summed E-state index contributed by atoms with van der Waals surface area (Å²) in [6.45, 7) is 0. The van der Waals surface area contributed by atoms with Gasteiger partial charge in [-0.3, -0.25) is 9.59 Å². The third kappa shape index (κ3) is 2.18. The van der Waals surface area contributed by atoms with Gasteiger partial charge in [-0.15, -0.1) is 0 Å². The van der Waals surface area contributed by atoms with E-state index in [9.17, 15) is 18.4 Å². The highest BCUT2D eigenvalue weighted by molar-refractivity contribution is 5.82. The number of hydrogen-bond acceptors (Lipinski definition) is 2. The molecule has 0 aliphatic heterocycles. The fourth-order valence-corrected chi connectivity index (χ4v) is 1.65. The smallest absolute Gasteiger partial charge is 0.150 e. The van der Waals surface area contributed by atoms with Gasteiger partial charge in [0.2, 0.25) is 0 Å². The minimum absolute atomic E-state index is 0.0409. The maximum Gasteiger partial charge on any atom is 0.150 e. The van der Waals surface area contributed by atoms with Crippen LogP contribution in [0.25, 0.3) is 11.1 Å². The Labute approximate surface area is 102 Å². The fourth-order valence-electron chi connectivity index (χ4n) is 1.65. The molecule has 0 amide bonds. The van der Waals surface area contributed by atoms with E-state index in [1.165, 1.54) is 24.3 Å². The number of aldehydes is 2. The SMILES string of the molecule is O=Cc1ccc(F)c(-c2cc(C=O)ccc2F)c1. The van der Waals surface area contributed by atoms with Crippen molar-refractivity contribution in [2.24, 2.45) is 0 Å². The molecule has 0 aliphatic carbocycles. The molecule has 0 saturated carbocycles. The van der Waals surface area contributed by atoms with E-state index in [0.29, 0.717) is 12.6 Å². The normalized spacial score (nSPS) is 10.1. The van der Waals surface area contributed by atoms with Crippen LogP contribution in [0.5, 0.6) is 0 Å². The van der Waals surface area contributed by atoms with Crippen LogP contribution in [0, 0.1) is 11.6 Å². The molecule has 4 heteroatoms. The Hall–Kier alpha value is -2.36. The lowest BCUT2D eigenvalue weighted by Gasteiger charge is -2.06. The van der Waals surface area contributed by atoms with Gasteiger partial charge in [0.05, 0.1) is 0 Å². The molecular formula is C14H8F2O2. The number of halogens is 2. The molecule has 0 atom stereocenters. The summed E-state index contributed by atoms with van der Waals surface area (Å²) in [7, 11) is 0. The first kappa shape index (κ1) is 12.1. The van der Waals surface area contributed by atoms with Crippen molar-refractivity contribution in [3.63, 3.8) is 0 Å². The van der Waals surface area contributed by atoms with E-state index in [4.69, 9.17) is 0 Å². The number of carbonyl (C=O) groups excluding carboxylic acids is 2. The molecule has 0 fully saturated rings. The highest BCUT2D eigenvalue weighted by Crippen LogP contribution is 2.27. The largest absolute Gasteiger partial charge is 0.298 e. The van der Waals surface area contributed by atoms with Crippen molar-refractivity contribution in [2.75, 3.05) is 0 Å². The van der Waals surface area contributed by atoms with E-state index in [0.717, 1.165) is 12.1 Å². The van der Waals surface area contributed by atoms with Gasteiger partial charge in [-0.05, 0) is 36.4 Å². The lowest BCUT2D eigenvalue weighted by atomic mass is 10.0. The van der Waals surface area contributed by atoms with Gasteiger partial charge in [-0.1, -0.05) is 0 Å². The van der Waals surface area contributed by atoms with Gasteiger partial charge in [0, 0.05) is 22.3 Å². The van der Waals surface area contributed by atoms with Crippen molar-refractivity contribution >= 4 is 12.6 Å². The zero-order valence-electron chi connectivity index (χ0n) is 9.19. The Bertz CT molecular complexity index is 566. The van der Waals surface area contributed by atoms with Gasteiger partial charge < -0.3 is 0 Å². The van der Waals surface area contributed by atoms with E-state index < -0.39 is 11.6 Å². The van der Waals surface area contributed by atoms with Gasteiger partial charge in [-0.25, -0.2) is 8.78 Å². The summed E-state index contributed by atoms with van der Waals surface area (Å²) in [5, 5.41) is 0. The van der Waals surface area contributed by atoms with Crippen molar-refractivity contribution in [2.45, 2.75) is 0 Å². The van der Waals surface area contributed by atoms with Crippen LogP contribution in [0.3, 0.4) is 0 Å². The Kier molecular flexibility index (Phi) is 3.28. The van der Waals surface area contributed by atoms with Gasteiger partial charge in [0.25, 0.3) is 0 Å². The van der Waals surface area contributed by atoms with Crippen LogP contribution < -0.4 is 0 Å². The highest BCUT2D eigenvalue weighted by atomic mass is 19.1. The van der Waals surface area contributed by atoms with Crippen LogP contribution in [0.2, 0.25) is 0 Å². The number of hydrogen-bond donors (Lipinski definition) is 0. The van der Waals surface area contributed by atoms with Crippen molar-refractivity contribution in [3.05, 3.63) is 59.2 Å². The molecule has 0 aliphatic rings. The number of rotatable bonds is 3. The second kappa shape index (κ2) is 4.87. The van der Waals surface area contributed by atoms with Crippen molar-refractivity contribution in [3.8, 4) is 11.1 Å². The molecule has 2 aromatic carbocycles. The zero-order valence-corrected chi connectivity index (χ0v) is 9.19. The Morgan fingerprint density at radius 1 is 0.722 bits per heavy atom. The molecule has 18 heavy (non-hydrogen) atoms. The highest BCUT2D eigenvalue weighted by Gasteiger charge is 2.11. The first-order valence-corrected chi connectivity index (χ1v) is 5.15. The molecule has 2 rings (SSSR count). The molecule has 0 radical (unpaired) electrons. The van der Waals surface area contributed by atoms with E-state index in [2.05, 4.69) is 0 Å². The monoisotopic (exact) mass is 246 g/mol. The molecular weight excluding hydrogens is 238 g/mol. The van der Waals surface area contributed by atoms with Gasteiger partial charge in [0.1, 0.15) is 24.2 Å². The summed E-state index contributed by atoms with van der Waals surface area (Å²) in [5.74, 6) is -1.30. The average molecular weight is 246 g/mol. The Morgan fingerprint density at radius 3 is 1.44 bits per heavy atom. The molecule has 0 aromatic heterocycles. The second-order valence-electron chi connectivity index (χ2n) is 3.71. The van der Waals surface area contributed by atoms with Crippen LogP contribution in [-0.2, 0) is 0 Å². The summed E-state index contributed by atoms with van der Waals surface area (Å²) in [4.78, 5) is 21.3.